The van der Waals surface area contributed by atoms with Crippen molar-refractivity contribution in [1.82, 2.24) is 5.32 Å². The Hall–Kier alpha value is -2.44. The lowest BCUT2D eigenvalue weighted by atomic mass is 10.1. The molecule has 0 radical (unpaired) electrons. The summed E-state index contributed by atoms with van der Waals surface area (Å²) < 4.78 is 5.19. The molecule has 7 heteroatoms. The molecule has 0 atom stereocenters. The number of nitrogens with one attached hydrogen (secondary N) is 1. The van der Waals surface area contributed by atoms with E-state index in [0.29, 0.717) is 25.8 Å². The van der Waals surface area contributed by atoms with Gasteiger partial charge in [-0.1, -0.05) is 6.42 Å². The molecule has 24 heavy (non-hydrogen) atoms. The summed E-state index contributed by atoms with van der Waals surface area (Å²) in [5, 5.41) is 31.0. The van der Waals surface area contributed by atoms with Gasteiger partial charge in [-0.15, -0.1) is 0 Å². The number of phenolic OH excluding ortho intramolecular Hbond substituents is 3. The molecule has 1 amide bonds. The molecule has 0 saturated carbocycles. The van der Waals surface area contributed by atoms with Crippen molar-refractivity contribution >= 4 is 11.9 Å². The Kier molecular flexibility index (Phi) is 6.88. The van der Waals surface area contributed by atoms with E-state index in [0.717, 1.165) is 18.6 Å². The predicted octanol–water partition coefficient (Wildman–Crippen LogP) is 2.44. The minimum atomic E-state index is -0.628. The van der Waals surface area contributed by atoms with Crippen molar-refractivity contribution in [3.05, 3.63) is 17.7 Å². The molecule has 1 aromatic carbocycles. The fourth-order valence-corrected chi connectivity index (χ4v) is 2.08. The van der Waals surface area contributed by atoms with Gasteiger partial charge in [0.25, 0.3) is 5.91 Å². The molecule has 0 aliphatic carbocycles. The fourth-order valence-electron chi connectivity index (χ4n) is 2.08. The van der Waals surface area contributed by atoms with Crippen molar-refractivity contribution in [1.29, 1.82) is 0 Å². The van der Waals surface area contributed by atoms with Gasteiger partial charge in [0, 0.05) is 25.1 Å². The first-order chi connectivity index (χ1) is 11.1. The molecule has 7 nitrogen and oxygen atoms in total. The molecule has 0 saturated heterocycles. The van der Waals surface area contributed by atoms with Gasteiger partial charge in [-0.3, -0.25) is 9.59 Å². The molecule has 0 bridgehead atoms. The number of esters is 1. The van der Waals surface area contributed by atoms with E-state index in [4.69, 9.17) is 4.74 Å². The predicted molar refractivity (Wildman–Crippen MR) is 88.1 cm³/mol. The van der Waals surface area contributed by atoms with Crippen LogP contribution in [0.2, 0.25) is 0 Å². The van der Waals surface area contributed by atoms with Crippen molar-refractivity contribution in [2.24, 2.45) is 0 Å². The van der Waals surface area contributed by atoms with Gasteiger partial charge in [0.05, 0.1) is 0 Å². The molecule has 0 aliphatic heterocycles. The molecule has 0 fully saturated rings. The summed E-state index contributed by atoms with van der Waals surface area (Å²) >= 11 is 0. The van der Waals surface area contributed by atoms with Crippen LogP contribution >= 0.6 is 0 Å². The third kappa shape index (κ3) is 6.76. The molecule has 4 N–H and O–H groups in total. The lowest BCUT2D eigenvalue weighted by Gasteiger charge is -2.19. The third-order valence-electron chi connectivity index (χ3n) is 3.07. The molecule has 0 heterocycles. The molecule has 0 spiro atoms. The minimum Gasteiger partial charge on any atom is -0.508 e. The van der Waals surface area contributed by atoms with Crippen molar-refractivity contribution < 1.29 is 29.6 Å². The first kappa shape index (κ1) is 19.6. The Balaban J connectivity index is 2.29. The zero-order valence-electron chi connectivity index (χ0n) is 14.3. The highest BCUT2D eigenvalue weighted by atomic mass is 16.6. The largest absolute Gasteiger partial charge is 0.508 e. The number of ether oxygens (including phenoxy) is 1. The lowest BCUT2D eigenvalue weighted by Crippen LogP contribution is -2.25. The number of hydrogen-bond donors (Lipinski definition) is 4. The summed E-state index contributed by atoms with van der Waals surface area (Å²) in [6.07, 6.45) is 2.35. The number of carbonyl (C=O) groups is 2. The summed E-state index contributed by atoms with van der Waals surface area (Å²) in [4.78, 5) is 23.4. The normalized spacial score (nSPS) is 11.1. The van der Waals surface area contributed by atoms with E-state index in [1.807, 2.05) is 20.8 Å². The topological polar surface area (TPSA) is 116 Å². The van der Waals surface area contributed by atoms with Crippen LogP contribution in [0.4, 0.5) is 0 Å². The Morgan fingerprint density at radius 2 is 1.62 bits per heavy atom. The monoisotopic (exact) mass is 339 g/mol. The van der Waals surface area contributed by atoms with Gasteiger partial charge in [-0.2, -0.15) is 0 Å². The lowest BCUT2D eigenvalue weighted by molar-refractivity contribution is -0.154. The van der Waals surface area contributed by atoms with Crippen LogP contribution < -0.4 is 5.32 Å². The highest BCUT2D eigenvalue weighted by Gasteiger charge is 2.17. The van der Waals surface area contributed by atoms with Gasteiger partial charge in [0.15, 0.2) is 0 Å². The summed E-state index contributed by atoms with van der Waals surface area (Å²) in [5.74, 6) is -2.18. The number of hydrogen-bond acceptors (Lipinski definition) is 6. The van der Waals surface area contributed by atoms with Crippen LogP contribution in [0, 0.1) is 0 Å². The number of phenols is 3. The van der Waals surface area contributed by atoms with Crippen LogP contribution in [0.25, 0.3) is 0 Å². The van der Waals surface area contributed by atoms with Gasteiger partial charge in [0.2, 0.25) is 0 Å². The van der Waals surface area contributed by atoms with Crippen LogP contribution in [-0.4, -0.2) is 39.3 Å². The van der Waals surface area contributed by atoms with E-state index < -0.39 is 23.0 Å². The van der Waals surface area contributed by atoms with Gasteiger partial charge >= 0.3 is 5.97 Å². The maximum absolute atomic E-state index is 11.9. The van der Waals surface area contributed by atoms with E-state index in [1.54, 1.807) is 0 Å². The fraction of sp³-hybridized carbons (Fsp3) is 0.529. The van der Waals surface area contributed by atoms with E-state index in [9.17, 15) is 24.9 Å². The summed E-state index contributed by atoms with van der Waals surface area (Å²) in [5.41, 5.74) is -0.763. The molecular weight excluding hydrogens is 314 g/mol. The van der Waals surface area contributed by atoms with Crippen molar-refractivity contribution in [3.63, 3.8) is 0 Å². The highest BCUT2D eigenvalue weighted by Crippen LogP contribution is 2.31. The third-order valence-corrected chi connectivity index (χ3v) is 3.07. The van der Waals surface area contributed by atoms with Crippen LogP contribution in [0.5, 0.6) is 17.2 Å². The average Bonchev–Trinajstić information content (AvgIpc) is 2.39. The minimum absolute atomic E-state index is 0.245. The SMILES string of the molecule is CC(C)(C)OC(=O)CCCCCNC(=O)c1c(O)cc(O)cc1O. The molecule has 134 valence electrons. The van der Waals surface area contributed by atoms with E-state index in [1.165, 1.54) is 0 Å². The van der Waals surface area contributed by atoms with E-state index in [2.05, 4.69) is 5.32 Å². The standard InChI is InChI=1S/C17H25NO6/c1-17(2,3)24-14(22)7-5-4-6-8-18-16(23)15-12(20)9-11(19)10-13(15)21/h9-10,19-21H,4-8H2,1-3H3,(H,18,23). The first-order valence-electron chi connectivity index (χ1n) is 7.85. The summed E-state index contributed by atoms with van der Waals surface area (Å²) in [6, 6.07) is 1.96. The van der Waals surface area contributed by atoms with Gasteiger partial charge in [0.1, 0.15) is 28.4 Å². The number of amides is 1. The van der Waals surface area contributed by atoms with Gasteiger partial charge in [-0.05, 0) is 33.6 Å². The second kappa shape index (κ2) is 8.42. The maximum atomic E-state index is 11.9. The van der Waals surface area contributed by atoms with Crippen LogP contribution in [-0.2, 0) is 9.53 Å². The second-order valence-corrected chi connectivity index (χ2v) is 6.51. The Morgan fingerprint density at radius 1 is 1.04 bits per heavy atom. The zero-order valence-corrected chi connectivity index (χ0v) is 14.3. The molecular formula is C17H25NO6. The summed E-state index contributed by atoms with van der Waals surface area (Å²) in [6.45, 7) is 5.78. The number of aromatic hydroxyl groups is 3. The Labute approximate surface area is 141 Å². The van der Waals surface area contributed by atoms with E-state index in [-0.39, 0.29) is 17.3 Å². The highest BCUT2D eigenvalue weighted by molar-refractivity contribution is 5.99. The quantitative estimate of drug-likeness (QED) is 0.448. The molecule has 0 aromatic heterocycles. The first-order valence-corrected chi connectivity index (χ1v) is 7.85. The van der Waals surface area contributed by atoms with Crippen LogP contribution in [0.3, 0.4) is 0 Å². The number of unbranched alkanes of at least 4 members (excludes halogenated alkanes) is 2. The number of rotatable bonds is 7. The smallest absolute Gasteiger partial charge is 0.306 e. The van der Waals surface area contributed by atoms with Gasteiger partial charge < -0.3 is 25.4 Å². The van der Waals surface area contributed by atoms with Crippen molar-refractivity contribution in [2.45, 2.75) is 52.1 Å². The van der Waals surface area contributed by atoms with Gasteiger partial charge in [-0.25, -0.2) is 0 Å². The molecule has 1 rings (SSSR count). The second-order valence-electron chi connectivity index (χ2n) is 6.51. The maximum Gasteiger partial charge on any atom is 0.306 e. The number of benzene rings is 1. The summed E-state index contributed by atoms with van der Waals surface area (Å²) in [7, 11) is 0. The van der Waals surface area contributed by atoms with E-state index >= 15 is 0 Å². The van der Waals surface area contributed by atoms with Crippen molar-refractivity contribution in [3.8, 4) is 17.2 Å². The Bertz CT molecular complexity index is 568. The van der Waals surface area contributed by atoms with Crippen molar-refractivity contribution in [2.75, 3.05) is 6.54 Å². The number of carbonyl (C=O) groups excluding carboxylic acids is 2. The molecule has 0 unspecified atom stereocenters. The Morgan fingerprint density at radius 3 is 2.17 bits per heavy atom. The zero-order chi connectivity index (χ0) is 18.3. The van der Waals surface area contributed by atoms with Crippen LogP contribution in [0.1, 0.15) is 56.8 Å². The molecule has 0 aliphatic rings. The van der Waals surface area contributed by atoms with Crippen LogP contribution in [0.15, 0.2) is 12.1 Å². The average molecular weight is 339 g/mol. The molecule has 1 aromatic rings.